The van der Waals surface area contributed by atoms with Crippen LogP contribution in [0.25, 0.3) is 0 Å². The van der Waals surface area contributed by atoms with Crippen molar-refractivity contribution < 1.29 is 9.53 Å². The van der Waals surface area contributed by atoms with Gasteiger partial charge in [-0.2, -0.15) is 0 Å². The molecule has 1 N–H and O–H groups in total. The van der Waals surface area contributed by atoms with Crippen molar-refractivity contribution in [2.45, 2.75) is 52.5 Å². The maximum absolute atomic E-state index is 11.9. The predicted molar refractivity (Wildman–Crippen MR) is 82.7 cm³/mol. The third-order valence-electron chi connectivity index (χ3n) is 4.74. The topological polar surface area (TPSA) is 41.6 Å². The Bertz CT molecular complexity index is 299. The Morgan fingerprint density at radius 2 is 1.90 bits per heavy atom. The van der Waals surface area contributed by atoms with Crippen molar-refractivity contribution in [1.82, 2.24) is 10.2 Å². The van der Waals surface area contributed by atoms with Gasteiger partial charge in [-0.25, -0.2) is 0 Å². The highest BCUT2D eigenvalue weighted by molar-refractivity contribution is 5.80. The van der Waals surface area contributed by atoms with Crippen LogP contribution in [0.5, 0.6) is 0 Å². The van der Waals surface area contributed by atoms with Gasteiger partial charge >= 0.3 is 5.97 Å². The van der Waals surface area contributed by atoms with Crippen LogP contribution in [0.2, 0.25) is 0 Å². The van der Waals surface area contributed by atoms with Crippen LogP contribution in [0.1, 0.15) is 47.0 Å². The zero-order valence-electron chi connectivity index (χ0n) is 13.9. The smallest absolute Gasteiger partial charge is 0.326 e. The maximum atomic E-state index is 11.9. The molecule has 118 valence electrons. The summed E-state index contributed by atoms with van der Waals surface area (Å²) in [5.74, 6) is 1.50. The van der Waals surface area contributed by atoms with Crippen molar-refractivity contribution in [1.29, 1.82) is 0 Å². The van der Waals surface area contributed by atoms with E-state index in [0.29, 0.717) is 6.61 Å². The lowest BCUT2D eigenvalue weighted by Gasteiger charge is -2.27. The Kier molecular flexibility index (Phi) is 6.96. The molecular formula is C16H32N2O2. The fraction of sp³-hybridized carbons (Fsp3) is 0.938. The van der Waals surface area contributed by atoms with Gasteiger partial charge in [-0.1, -0.05) is 13.8 Å². The average molecular weight is 284 g/mol. The van der Waals surface area contributed by atoms with E-state index < -0.39 is 5.54 Å². The molecule has 1 saturated heterocycles. The van der Waals surface area contributed by atoms with Gasteiger partial charge in [-0.3, -0.25) is 4.79 Å². The number of carbonyl (C=O) groups is 1. The summed E-state index contributed by atoms with van der Waals surface area (Å²) in [6, 6.07) is 0. The van der Waals surface area contributed by atoms with Crippen LogP contribution in [-0.2, 0) is 9.53 Å². The van der Waals surface area contributed by atoms with Crippen molar-refractivity contribution in [2.24, 2.45) is 11.8 Å². The second kappa shape index (κ2) is 7.99. The van der Waals surface area contributed by atoms with Gasteiger partial charge in [0.1, 0.15) is 5.54 Å². The number of hydrogen-bond acceptors (Lipinski definition) is 4. The summed E-state index contributed by atoms with van der Waals surface area (Å²) in [5.41, 5.74) is -0.540. The zero-order valence-corrected chi connectivity index (χ0v) is 13.9. The highest BCUT2D eigenvalue weighted by atomic mass is 16.5. The third kappa shape index (κ3) is 4.74. The van der Waals surface area contributed by atoms with Crippen molar-refractivity contribution in [3.8, 4) is 0 Å². The molecule has 1 heterocycles. The van der Waals surface area contributed by atoms with Gasteiger partial charge in [0.15, 0.2) is 0 Å². The Hall–Kier alpha value is -0.610. The minimum atomic E-state index is -0.540. The molecule has 0 aromatic rings. The number of ether oxygens (including phenoxy) is 1. The number of hydrogen-bond donors (Lipinski definition) is 1. The average Bonchev–Trinajstić information content (AvgIpc) is 2.74. The van der Waals surface area contributed by atoms with E-state index in [1.54, 1.807) is 0 Å². The molecule has 1 aliphatic rings. The van der Waals surface area contributed by atoms with Crippen LogP contribution in [0.15, 0.2) is 0 Å². The van der Waals surface area contributed by atoms with E-state index in [9.17, 15) is 4.79 Å². The van der Waals surface area contributed by atoms with Gasteiger partial charge in [0.05, 0.1) is 6.61 Å². The number of likely N-dealkylation sites (tertiary alicyclic amines) is 1. The molecule has 1 aliphatic heterocycles. The number of unbranched alkanes of at least 4 members (excludes halogenated alkanes) is 1. The molecule has 0 spiro atoms. The van der Waals surface area contributed by atoms with Crippen LogP contribution < -0.4 is 5.32 Å². The Morgan fingerprint density at radius 3 is 2.40 bits per heavy atom. The Balaban J connectivity index is 2.26. The lowest BCUT2D eigenvalue weighted by atomic mass is 9.95. The zero-order chi connectivity index (χ0) is 15.2. The minimum absolute atomic E-state index is 0.133. The van der Waals surface area contributed by atoms with E-state index in [0.717, 1.165) is 37.6 Å². The van der Waals surface area contributed by atoms with Crippen LogP contribution >= 0.6 is 0 Å². The standard InChI is InChI=1S/C16H32N2O2/c1-6-20-15(19)16(4,17-5)9-7-8-10-18-11-13(2)14(3)12-18/h13-14,17H,6-12H2,1-5H3. The maximum Gasteiger partial charge on any atom is 0.326 e. The van der Waals surface area contributed by atoms with Gasteiger partial charge in [-0.15, -0.1) is 0 Å². The van der Waals surface area contributed by atoms with E-state index >= 15 is 0 Å². The van der Waals surface area contributed by atoms with Crippen LogP contribution in [0.3, 0.4) is 0 Å². The molecule has 4 nitrogen and oxygen atoms in total. The number of rotatable bonds is 8. The number of likely N-dealkylation sites (N-methyl/N-ethyl adjacent to an activating group) is 1. The third-order valence-corrected chi connectivity index (χ3v) is 4.74. The summed E-state index contributed by atoms with van der Waals surface area (Å²) in [6.45, 7) is 12.5. The van der Waals surface area contributed by atoms with Gasteiger partial charge < -0.3 is 15.0 Å². The normalized spacial score (nSPS) is 26.4. The van der Waals surface area contributed by atoms with Crippen molar-refractivity contribution in [2.75, 3.05) is 33.3 Å². The van der Waals surface area contributed by atoms with E-state index in [1.165, 1.54) is 13.1 Å². The lowest BCUT2D eigenvalue weighted by Crippen LogP contribution is -2.48. The Morgan fingerprint density at radius 1 is 1.30 bits per heavy atom. The first-order valence-corrected chi connectivity index (χ1v) is 8.01. The molecule has 1 rings (SSSR count). The molecule has 3 atom stereocenters. The molecule has 0 aromatic carbocycles. The summed E-state index contributed by atoms with van der Waals surface area (Å²) in [7, 11) is 1.83. The van der Waals surface area contributed by atoms with Crippen molar-refractivity contribution in [3.05, 3.63) is 0 Å². The monoisotopic (exact) mass is 284 g/mol. The van der Waals surface area contributed by atoms with Gasteiger partial charge in [0, 0.05) is 13.1 Å². The van der Waals surface area contributed by atoms with E-state index in [2.05, 4.69) is 24.1 Å². The number of nitrogens with zero attached hydrogens (tertiary/aromatic N) is 1. The summed E-state index contributed by atoms with van der Waals surface area (Å²) >= 11 is 0. The molecule has 0 aliphatic carbocycles. The Labute approximate surface area is 124 Å². The van der Waals surface area contributed by atoms with Gasteiger partial charge in [0.2, 0.25) is 0 Å². The SMILES string of the molecule is CCOC(=O)C(C)(CCCCN1CC(C)C(C)C1)NC. The summed E-state index contributed by atoms with van der Waals surface area (Å²) in [5, 5.41) is 3.12. The minimum Gasteiger partial charge on any atom is -0.465 e. The van der Waals surface area contributed by atoms with E-state index in [-0.39, 0.29) is 5.97 Å². The van der Waals surface area contributed by atoms with Gasteiger partial charge in [-0.05, 0) is 58.5 Å². The van der Waals surface area contributed by atoms with E-state index in [4.69, 9.17) is 4.74 Å². The highest BCUT2D eigenvalue weighted by Gasteiger charge is 2.32. The first-order valence-electron chi connectivity index (χ1n) is 8.01. The van der Waals surface area contributed by atoms with Gasteiger partial charge in [0.25, 0.3) is 0 Å². The first-order chi connectivity index (χ1) is 9.42. The molecule has 0 bridgehead atoms. The molecule has 1 fully saturated rings. The number of nitrogens with one attached hydrogen (secondary N) is 1. The quantitative estimate of drug-likeness (QED) is 0.548. The van der Waals surface area contributed by atoms with Crippen molar-refractivity contribution >= 4 is 5.97 Å². The van der Waals surface area contributed by atoms with Crippen LogP contribution in [0.4, 0.5) is 0 Å². The largest absolute Gasteiger partial charge is 0.465 e. The molecule has 0 saturated carbocycles. The second-order valence-electron chi connectivity index (χ2n) is 6.47. The molecule has 0 aromatic heterocycles. The molecule has 3 unspecified atom stereocenters. The van der Waals surface area contributed by atoms with Crippen LogP contribution in [0, 0.1) is 11.8 Å². The fourth-order valence-electron chi connectivity index (χ4n) is 2.87. The summed E-state index contributed by atoms with van der Waals surface area (Å²) < 4.78 is 5.14. The molecule has 0 amide bonds. The fourth-order valence-corrected chi connectivity index (χ4v) is 2.87. The summed E-state index contributed by atoms with van der Waals surface area (Å²) in [6.07, 6.45) is 3.03. The molecular weight excluding hydrogens is 252 g/mol. The number of carbonyl (C=O) groups excluding carboxylic acids is 1. The lowest BCUT2D eigenvalue weighted by molar-refractivity contribution is -0.150. The highest BCUT2D eigenvalue weighted by Crippen LogP contribution is 2.23. The predicted octanol–water partition coefficient (Wildman–Crippen LogP) is 2.29. The first kappa shape index (κ1) is 17.4. The van der Waals surface area contributed by atoms with E-state index in [1.807, 2.05) is 20.9 Å². The summed E-state index contributed by atoms with van der Waals surface area (Å²) in [4.78, 5) is 14.5. The second-order valence-corrected chi connectivity index (χ2v) is 6.47. The molecule has 4 heteroatoms. The molecule has 20 heavy (non-hydrogen) atoms. The number of esters is 1. The molecule has 0 radical (unpaired) electrons. The van der Waals surface area contributed by atoms with Crippen LogP contribution in [-0.4, -0.2) is 49.7 Å². The van der Waals surface area contributed by atoms with Crippen molar-refractivity contribution in [3.63, 3.8) is 0 Å².